The van der Waals surface area contributed by atoms with Crippen molar-refractivity contribution in [3.63, 3.8) is 0 Å². The predicted molar refractivity (Wildman–Crippen MR) is 185 cm³/mol. The van der Waals surface area contributed by atoms with Crippen LogP contribution in [0.25, 0.3) is 0 Å². The highest BCUT2D eigenvalue weighted by molar-refractivity contribution is 7.88. The molecular weight excluding hydrogens is 845 g/mol. The SMILES string of the molecule is CCCc1cc(OS(=O)(=O)c2ccc(O)cc2OS(=O)(=O)c2cc(S(=O)(=O)O)c(O)cc2O)c(O)cc1S(=O)(=O)O.O=S(=O)(O)CCc1ccc(O)c(O)c1. The quantitative estimate of drug-likeness (QED) is 0.0527. The van der Waals surface area contributed by atoms with Crippen LogP contribution in [0.1, 0.15) is 24.5 Å². The molecule has 0 aromatic heterocycles. The Morgan fingerprint density at radius 3 is 1.60 bits per heavy atom. The van der Waals surface area contributed by atoms with Crippen molar-refractivity contribution in [2.45, 2.75) is 45.8 Å². The second-order valence-corrected chi connectivity index (χ2v) is 18.4. The third kappa shape index (κ3) is 11.7. The number of benzene rings is 4. The molecule has 4 rings (SSSR count). The molecule has 4 aromatic rings. The average molecular weight is 875 g/mol. The Hall–Kier alpha value is -5.09. The zero-order valence-corrected chi connectivity index (χ0v) is 31.6. The van der Waals surface area contributed by atoms with Gasteiger partial charge in [-0.3, -0.25) is 13.7 Å². The van der Waals surface area contributed by atoms with Crippen LogP contribution >= 0.6 is 0 Å². The first-order chi connectivity index (χ1) is 25.1. The molecule has 26 heteroatoms. The number of rotatable bonds is 13. The molecule has 0 aliphatic heterocycles. The Kier molecular flexibility index (Phi) is 13.2. The molecule has 0 aliphatic rings. The van der Waals surface area contributed by atoms with E-state index in [1.807, 2.05) is 0 Å². The molecule has 0 bridgehead atoms. The van der Waals surface area contributed by atoms with Gasteiger partial charge in [0.15, 0.2) is 28.7 Å². The maximum atomic E-state index is 13.1. The second-order valence-electron chi connectivity index (χ2n) is 11.0. The lowest BCUT2D eigenvalue weighted by Crippen LogP contribution is -2.16. The van der Waals surface area contributed by atoms with E-state index in [9.17, 15) is 71.6 Å². The van der Waals surface area contributed by atoms with Gasteiger partial charge in [0, 0.05) is 18.2 Å². The summed E-state index contributed by atoms with van der Waals surface area (Å²) >= 11 is 0. The minimum absolute atomic E-state index is 0.0146. The van der Waals surface area contributed by atoms with Crippen molar-refractivity contribution in [1.82, 2.24) is 0 Å². The van der Waals surface area contributed by atoms with Gasteiger partial charge in [-0.15, -0.1) is 0 Å². The standard InChI is InChI=1S/C21H20O16S4.C8H10O5S/c1-2-3-11-6-16(13(23)9-19(11)38(26,27)28)36-40(32,33)18-5-4-12(22)7-17(18)37-41(34,35)21-10-20(39(29,30)31)14(24)8-15(21)25;9-7-2-1-6(5-8(7)10)3-4-14(11,12)13/h4-10,22-25H,2-3H2,1H3,(H,26,27,28)(H,29,30,31);1-2,5,9-10H,3-4H2,(H,11,12,13). The van der Waals surface area contributed by atoms with Crippen LogP contribution in [-0.4, -0.2) is 92.1 Å². The number of aromatic hydroxyl groups is 6. The lowest BCUT2D eigenvalue weighted by Gasteiger charge is -2.15. The van der Waals surface area contributed by atoms with Gasteiger partial charge in [-0.25, -0.2) is 0 Å². The van der Waals surface area contributed by atoms with E-state index < -0.39 is 110 Å². The highest BCUT2D eigenvalue weighted by Gasteiger charge is 2.32. The Labute approximate surface area is 313 Å². The fourth-order valence-corrected chi connectivity index (χ4v) is 8.42. The molecule has 0 saturated heterocycles. The van der Waals surface area contributed by atoms with Crippen LogP contribution in [0.3, 0.4) is 0 Å². The fourth-order valence-electron chi connectivity index (χ4n) is 4.37. The number of aryl methyl sites for hydroxylation is 2. The summed E-state index contributed by atoms with van der Waals surface area (Å²) in [6.07, 6.45) is 0.392. The Bertz CT molecular complexity index is 2670. The smallest absolute Gasteiger partial charge is 0.343 e. The monoisotopic (exact) mass is 874 g/mol. The van der Waals surface area contributed by atoms with Gasteiger partial charge in [0.05, 0.1) is 5.75 Å². The zero-order valence-electron chi connectivity index (χ0n) is 27.6. The predicted octanol–water partition coefficient (Wildman–Crippen LogP) is 2.02. The molecule has 302 valence electrons. The lowest BCUT2D eigenvalue weighted by atomic mass is 10.1. The number of phenols is 6. The van der Waals surface area contributed by atoms with E-state index in [4.69, 9.17) is 23.1 Å². The normalized spacial score (nSPS) is 12.4. The van der Waals surface area contributed by atoms with Gasteiger partial charge >= 0.3 is 20.2 Å². The molecule has 0 fully saturated rings. The summed E-state index contributed by atoms with van der Waals surface area (Å²) in [5.41, 5.74) is 0.387. The molecule has 0 heterocycles. The van der Waals surface area contributed by atoms with Gasteiger partial charge < -0.3 is 39.0 Å². The van der Waals surface area contributed by atoms with E-state index in [2.05, 4.69) is 0 Å². The molecule has 4 aromatic carbocycles. The number of phenolic OH excluding ortho intramolecular Hbond substituents is 6. The number of hydrogen-bond donors (Lipinski definition) is 9. The van der Waals surface area contributed by atoms with E-state index in [0.29, 0.717) is 30.2 Å². The van der Waals surface area contributed by atoms with Crippen LogP contribution in [0.5, 0.6) is 46.0 Å². The molecule has 0 amide bonds. The molecule has 0 radical (unpaired) electrons. The first-order valence-electron chi connectivity index (χ1n) is 14.6. The molecule has 9 N–H and O–H groups in total. The van der Waals surface area contributed by atoms with Gasteiger partial charge in [0.25, 0.3) is 30.4 Å². The van der Waals surface area contributed by atoms with E-state index in [0.717, 1.165) is 12.1 Å². The third-order valence-corrected chi connectivity index (χ3v) is 11.9. The molecule has 0 saturated carbocycles. The Morgan fingerprint density at radius 2 is 1.05 bits per heavy atom. The highest BCUT2D eigenvalue weighted by Crippen LogP contribution is 2.39. The van der Waals surface area contributed by atoms with Crippen molar-refractivity contribution < 1.29 is 94.8 Å². The summed E-state index contributed by atoms with van der Waals surface area (Å²) < 4.78 is 156. The summed E-state index contributed by atoms with van der Waals surface area (Å²) in [5.74, 6) is -7.28. The average Bonchev–Trinajstić information content (AvgIpc) is 3.01. The minimum atomic E-state index is -5.37. The van der Waals surface area contributed by atoms with Crippen LogP contribution < -0.4 is 8.37 Å². The van der Waals surface area contributed by atoms with Crippen molar-refractivity contribution in [1.29, 1.82) is 0 Å². The molecule has 0 atom stereocenters. The largest absolute Gasteiger partial charge is 0.508 e. The fraction of sp³-hybridized carbons (Fsp3) is 0.172. The zero-order chi connectivity index (χ0) is 41.9. The molecule has 0 aliphatic carbocycles. The van der Waals surface area contributed by atoms with E-state index in [-0.39, 0.29) is 42.0 Å². The van der Waals surface area contributed by atoms with E-state index in [1.54, 1.807) is 6.92 Å². The van der Waals surface area contributed by atoms with Crippen molar-refractivity contribution in [2.75, 3.05) is 5.75 Å². The van der Waals surface area contributed by atoms with Crippen LogP contribution in [0.15, 0.2) is 80.2 Å². The summed E-state index contributed by atoms with van der Waals surface area (Å²) in [5, 5.41) is 57.7. The molecule has 0 unspecified atom stereocenters. The minimum Gasteiger partial charge on any atom is -0.508 e. The van der Waals surface area contributed by atoms with Gasteiger partial charge in [-0.2, -0.15) is 42.1 Å². The first-order valence-corrected chi connectivity index (χ1v) is 21.9. The van der Waals surface area contributed by atoms with Crippen LogP contribution in [-0.2, 0) is 63.4 Å². The van der Waals surface area contributed by atoms with E-state index in [1.165, 1.54) is 18.2 Å². The molecule has 55 heavy (non-hydrogen) atoms. The molecule has 21 nitrogen and oxygen atoms in total. The van der Waals surface area contributed by atoms with Crippen molar-refractivity contribution in [2.24, 2.45) is 0 Å². The molecular formula is C29H30O21S5. The topological polar surface area (TPSA) is 371 Å². The van der Waals surface area contributed by atoms with Gasteiger partial charge in [0.1, 0.15) is 36.8 Å². The van der Waals surface area contributed by atoms with Gasteiger partial charge in [-0.05, 0) is 60.4 Å². The maximum absolute atomic E-state index is 13.1. The van der Waals surface area contributed by atoms with Crippen molar-refractivity contribution in [3.8, 4) is 46.0 Å². The Balaban J connectivity index is 0.000000486. The van der Waals surface area contributed by atoms with Crippen LogP contribution in [0, 0.1) is 0 Å². The summed E-state index contributed by atoms with van der Waals surface area (Å²) in [6, 6.07) is 7.56. The first kappa shape index (κ1) is 44.3. The van der Waals surface area contributed by atoms with Crippen molar-refractivity contribution >= 4 is 50.6 Å². The van der Waals surface area contributed by atoms with Crippen LogP contribution in [0.4, 0.5) is 0 Å². The lowest BCUT2D eigenvalue weighted by molar-refractivity contribution is 0.403. The summed E-state index contributed by atoms with van der Waals surface area (Å²) in [6.45, 7) is 1.63. The van der Waals surface area contributed by atoms with Gasteiger partial charge in [0.2, 0.25) is 0 Å². The summed E-state index contributed by atoms with van der Waals surface area (Å²) in [7, 11) is -24.6. The Morgan fingerprint density at radius 1 is 0.491 bits per heavy atom. The van der Waals surface area contributed by atoms with Crippen molar-refractivity contribution in [3.05, 3.63) is 71.8 Å². The second kappa shape index (κ2) is 16.3. The third-order valence-electron chi connectivity index (χ3n) is 6.81. The van der Waals surface area contributed by atoms with E-state index >= 15 is 0 Å². The number of hydrogen-bond acceptors (Lipinski definition) is 18. The maximum Gasteiger partial charge on any atom is 0.343 e. The molecule has 0 spiro atoms. The highest BCUT2D eigenvalue weighted by atomic mass is 32.2. The van der Waals surface area contributed by atoms with Gasteiger partial charge in [-0.1, -0.05) is 19.4 Å². The summed E-state index contributed by atoms with van der Waals surface area (Å²) in [4.78, 5) is -4.52. The van der Waals surface area contributed by atoms with Crippen LogP contribution in [0.2, 0.25) is 0 Å².